The lowest BCUT2D eigenvalue weighted by Crippen LogP contribution is -2.45. The largest absolute Gasteiger partial charge is 0.371 e. The molecule has 154 valence electrons. The van der Waals surface area contributed by atoms with Gasteiger partial charge in [0.2, 0.25) is 10.0 Å². The predicted molar refractivity (Wildman–Crippen MR) is 114 cm³/mol. The molecule has 0 atom stereocenters. The monoisotopic (exact) mass is 413 g/mol. The van der Waals surface area contributed by atoms with Gasteiger partial charge in [-0.15, -0.1) is 0 Å². The normalized spacial score (nSPS) is 17.9. The van der Waals surface area contributed by atoms with Gasteiger partial charge in [-0.1, -0.05) is 29.8 Å². The number of hydrogen-bond acceptors (Lipinski definition) is 4. The predicted octanol–water partition coefficient (Wildman–Crippen LogP) is 2.83. The van der Waals surface area contributed by atoms with Gasteiger partial charge in [-0.25, -0.2) is 13.1 Å². The molecule has 2 aliphatic rings. The van der Waals surface area contributed by atoms with Gasteiger partial charge in [0.25, 0.3) is 5.91 Å². The van der Waals surface area contributed by atoms with Gasteiger partial charge in [0.15, 0.2) is 0 Å². The van der Waals surface area contributed by atoms with E-state index in [0.717, 1.165) is 24.1 Å². The van der Waals surface area contributed by atoms with E-state index in [1.165, 1.54) is 0 Å². The molecular weight excluding hydrogens is 386 g/mol. The molecule has 6 nitrogen and oxygen atoms in total. The summed E-state index contributed by atoms with van der Waals surface area (Å²) in [5.74, 6) is -0.0229. The minimum atomic E-state index is -3.52. The van der Waals surface area contributed by atoms with Gasteiger partial charge in [-0.3, -0.25) is 4.79 Å². The molecule has 4 rings (SSSR count). The Morgan fingerprint density at radius 3 is 2.24 bits per heavy atom. The van der Waals surface area contributed by atoms with Crippen LogP contribution in [0.5, 0.6) is 0 Å². The summed E-state index contributed by atoms with van der Waals surface area (Å²) in [6.07, 6.45) is 3.51. The maximum Gasteiger partial charge on any atom is 0.253 e. The molecule has 7 heteroatoms. The third-order valence-corrected chi connectivity index (χ3v) is 7.09. The van der Waals surface area contributed by atoms with Gasteiger partial charge in [0.1, 0.15) is 0 Å². The average Bonchev–Trinajstić information content (AvgIpc) is 3.53. The maximum atomic E-state index is 12.6. The first kappa shape index (κ1) is 19.9. The Bertz CT molecular complexity index is 977. The van der Waals surface area contributed by atoms with Gasteiger partial charge in [0.05, 0.1) is 10.5 Å². The van der Waals surface area contributed by atoms with Crippen LogP contribution in [-0.4, -0.2) is 39.5 Å². The number of hydrogen-bond donors (Lipinski definition) is 2. The van der Waals surface area contributed by atoms with Crippen molar-refractivity contribution in [3.8, 4) is 0 Å². The second-order valence-electron chi connectivity index (χ2n) is 7.96. The number of piperidine rings is 1. The fourth-order valence-corrected chi connectivity index (χ4v) is 4.98. The summed E-state index contributed by atoms with van der Waals surface area (Å²) in [5.41, 5.74) is 2.64. The molecule has 2 fully saturated rings. The molecule has 1 heterocycles. The molecule has 2 aromatic rings. The van der Waals surface area contributed by atoms with Crippen molar-refractivity contribution in [3.05, 3.63) is 59.7 Å². The second kappa shape index (κ2) is 8.16. The molecule has 2 N–H and O–H groups in total. The maximum absolute atomic E-state index is 12.6. The van der Waals surface area contributed by atoms with E-state index >= 15 is 0 Å². The molecule has 1 aliphatic heterocycles. The van der Waals surface area contributed by atoms with E-state index in [1.54, 1.807) is 24.3 Å². The Labute approximate surface area is 172 Å². The summed E-state index contributed by atoms with van der Waals surface area (Å²) in [5, 5.41) is 3.05. The fraction of sp³-hybridized carbons (Fsp3) is 0.409. The lowest BCUT2D eigenvalue weighted by Gasteiger charge is -2.34. The van der Waals surface area contributed by atoms with Crippen LogP contribution in [0.2, 0.25) is 0 Å². The van der Waals surface area contributed by atoms with Gasteiger partial charge >= 0.3 is 0 Å². The number of benzene rings is 2. The summed E-state index contributed by atoms with van der Waals surface area (Å²) < 4.78 is 28.1. The molecule has 0 aromatic heterocycles. The van der Waals surface area contributed by atoms with Crippen LogP contribution in [-0.2, 0) is 10.0 Å². The molecular formula is C22H27N3O3S. The number of carbonyl (C=O) groups excluding carboxylic acids is 1. The first-order valence-corrected chi connectivity index (χ1v) is 11.6. The van der Waals surface area contributed by atoms with Crippen molar-refractivity contribution in [2.75, 3.05) is 18.0 Å². The van der Waals surface area contributed by atoms with Crippen LogP contribution < -0.4 is 14.9 Å². The SMILES string of the molecule is Cc1ccc(S(=O)(=O)NC2CCN(c3ccccc3C(=O)NC3CC3)CC2)cc1. The van der Waals surface area contributed by atoms with Crippen LogP contribution in [0, 0.1) is 6.92 Å². The van der Waals surface area contributed by atoms with Gasteiger partial charge in [0, 0.05) is 30.9 Å². The van der Waals surface area contributed by atoms with E-state index in [-0.39, 0.29) is 11.9 Å². The van der Waals surface area contributed by atoms with Gasteiger partial charge in [-0.2, -0.15) is 0 Å². The molecule has 0 bridgehead atoms. The van der Waals surface area contributed by atoms with Crippen LogP contribution in [0.25, 0.3) is 0 Å². The number of amides is 1. The Morgan fingerprint density at radius 1 is 0.931 bits per heavy atom. The molecule has 0 spiro atoms. The first-order valence-electron chi connectivity index (χ1n) is 10.2. The Balaban J connectivity index is 1.40. The zero-order valence-electron chi connectivity index (χ0n) is 16.6. The summed E-state index contributed by atoms with van der Waals surface area (Å²) >= 11 is 0. The number of sulfonamides is 1. The number of anilines is 1. The van der Waals surface area contributed by atoms with Crippen LogP contribution in [0.15, 0.2) is 53.4 Å². The lowest BCUT2D eigenvalue weighted by molar-refractivity contribution is 0.0951. The molecule has 2 aromatic carbocycles. The van der Waals surface area contributed by atoms with Crippen molar-refractivity contribution in [1.82, 2.24) is 10.0 Å². The highest BCUT2D eigenvalue weighted by molar-refractivity contribution is 7.89. The van der Waals surface area contributed by atoms with Crippen molar-refractivity contribution < 1.29 is 13.2 Å². The number of aryl methyl sites for hydroxylation is 1. The van der Waals surface area contributed by atoms with Crippen molar-refractivity contribution in [2.45, 2.75) is 49.6 Å². The number of nitrogens with one attached hydrogen (secondary N) is 2. The Kier molecular flexibility index (Phi) is 5.61. The summed E-state index contributed by atoms with van der Waals surface area (Å²) in [6.45, 7) is 3.34. The quantitative estimate of drug-likeness (QED) is 0.763. The molecule has 1 saturated heterocycles. The zero-order chi connectivity index (χ0) is 20.4. The third-order valence-electron chi connectivity index (χ3n) is 5.55. The van der Waals surface area contributed by atoms with Crippen LogP contribution >= 0.6 is 0 Å². The van der Waals surface area contributed by atoms with Gasteiger partial charge in [-0.05, 0) is 56.9 Å². The molecule has 0 unspecified atom stereocenters. The van der Waals surface area contributed by atoms with Crippen LogP contribution in [0.4, 0.5) is 5.69 Å². The number of rotatable bonds is 6. The van der Waals surface area contributed by atoms with Crippen molar-refractivity contribution in [3.63, 3.8) is 0 Å². The highest BCUT2D eigenvalue weighted by Crippen LogP contribution is 2.26. The summed E-state index contributed by atoms with van der Waals surface area (Å²) in [7, 11) is -3.52. The van der Waals surface area contributed by atoms with Crippen molar-refractivity contribution >= 4 is 21.6 Å². The number of nitrogens with zero attached hydrogens (tertiary/aromatic N) is 1. The summed E-state index contributed by atoms with van der Waals surface area (Å²) in [6, 6.07) is 14.8. The molecule has 1 amide bonds. The van der Waals surface area contributed by atoms with E-state index in [1.807, 2.05) is 31.2 Å². The standard InChI is InChI=1S/C22H27N3O3S/c1-16-6-10-19(11-7-16)29(27,28)24-18-12-14-25(15-13-18)21-5-3-2-4-20(21)22(26)23-17-8-9-17/h2-7,10-11,17-18,24H,8-9,12-15H2,1H3,(H,23,26). The highest BCUT2D eigenvalue weighted by Gasteiger charge is 2.28. The summed E-state index contributed by atoms with van der Waals surface area (Å²) in [4.78, 5) is 15.0. The van der Waals surface area contributed by atoms with E-state index in [9.17, 15) is 13.2 Å². The van der Waals surface area contributed by atoms with E-state index in [0.29, 0.717) is 42.4 Å². The van der Waals surface area contributed by atoms with E-state index < -0.39 is 10.0 Å². The van der Waals surface area contributed by atoms with E-state index in [4.69, 9.17) is 0 Å². The third kappa shape index (κ3) is 4.79. The number of para-hydroxylation sites is 1. The fourth-order valence-electron chi connectivity index (χ4n) is 3.68. The smallest absolute Gasteiger partial charge is 0.253 e. The average molecular weight is 414 g/mol. The molecule has 1 saturated carbocycles. The minimum Gasteiger partial charge on any atom is -0.371 e. The van der Waals surface area contributed by atoms with Crippen LogP contribution in [0.3, 0.4) is 0 Å². The van der Waals surface area contributed by atoms with Gasteiger partial charge < -0.3 is 10.2 Å². The molecule has 0 radical (unpaired) electrons. The Hall–Kier alpha value is -2.38. The Morgan fingerprint density at radius 2 is 1.59 bits per heavy atom. The minimum absolute atomic E-state index is 0.0229. The highest BCUT2D eigenvalue weighted by atomic mass is 32.2. The first-order chi connectivity index (χ1) is 13.9. The number of carbonyl (C=O) groups is 1. The van der Waals surface area contributed by atoms with Crippen molar-refractivity contribution in [1.29, 1.82) is 0 Å². The second-order valence-corrected chi connectivity index (χ2v) is 9.67. The molecule has 1 aliphatic carbocycles. The van der Waals surface area contributed by atoms with E-state index in [2.05, 4.69) is 14.9 Å². The lowest BCUT2D eigenvalue weighted by atomic mass is 10.0. The van der Waals surface area contributed by atoms with Crippen LogP contribution in [0.1, 0.15) is 41.6 Å². The molecule has 29 heavy (non-hydrogen) atoms. The van der Waals surface area contributed by atoms with Crippen molar-refractivity contribution in [2.24, 2.45) is 0 Å². The zero-order valence-corrected chi connectivity index (χ0v) is 17.4. The topological polar surface area (TPSA) is 78.5 Å².